The number of aromatic amines is 1. The molecule has 0 saturated carbocycles. The molecule has 0 saturated heterocycles. The van der Waals surface area contributed by atoms with Gasteiger partial charge in [-0.05, 0) is 43.2 Å². The number of rotatable bonds is 5. The van der Waals surface area contributed by atoms with Crippen molar-refractivity contribution in [2.45, 2.75) is 24.8 Å². The first kappa shape index (κ1) is 20.5. The normalized spacial score (nSPS) is 12.5. The molecule has 1 atom stereocenters. The van der Waals surface area contributed by atoms with Gasteiger partial charge in [-0.3, -0.25) is 0 Å². The Morgan fingerprint density at radius 2 is 1.90 bits per heavy atom. The van der Waals surface area contributed by atoms with Crippen LogP contribution in [-0.2, 0) is 9.84 Å². The van der Waals surface area contributed by atoms with E-state index in [0.29, 0.717) is 17.3 Å². The molecule has 1 aromatic carbocycles. The Labute approximate surface area is 180 Å². The summed E-state index contributed by atoms with van der Waals surface area (Å²) < 4.78 is 23.3. The Morgan fingerprint density at radius 1 is 1.16 bits per heavy atom. The molecule has 1 unspecified atom stereocenters. The summed E-state index contributed by atoms with van der Waals surface area (Å²) in [4.78, 5) is 20.2. The zero-order valence-corrected chi connectivity index (χ0v) is 18.0. The van der Waals surface area contributed by atoms with Gasteiger partial charge in [-0.1, -0.05) is 12.1 Å². The maximum absolute atomic E-state index is 11.7. The van der Waals surface area contributed by atoms with Crippen LogP contribution in [0, 0.1) is 13.5 Å². The van der Waals surface area contributed by atoms with E-state index in [4.69, 9.17) is 6.57 Å². The predicted molar refractivity (Wildman–Crippen MR) is 120 cm³/mol. The lowest BCUT2D eigenvalue weighted by Gasteiger charge is -2.15. The van der Waals surface area contributed by atoms with Crippen LogP contribution in [0.3, 0.4) is 0 Å². The Bertz CT molecular complexity index is 1420. The van der Waals surface area contributed by atoms with Crippen LogP contribution in [0.1, 0.15) is 24.1 Å². The van der Waals surface area contributed by atoms with E-state index in [2.05, 4.69) is 30.1 Å². The van der Waals surface area contributed by atoms with E-state index in [1.807, 2.05) is 19.9 Å². The summed E-state index contributed by atoms with van der Waals surface area (Å²) in [5.41, 5.74) is 4.27. The minimum Gasteiger partial charge on any atom is -0.348 e. The molecule has 3 aromatic heterocycles. The van der Waals surface area contributed by atoms with E-state index in [0.717, 1.165) is 27.7 Å². The number of benzene rings is 1. The molecule has 0 aliphatic rings. The molecule has 31 heavy (non-hydrogen) atoms. The van der Waals surface area contributed by atoms with Crippen LogP contribution in [-0.4, -0.2) is 34.6 Å². The van der Waals surface area contributed by atoms with E-state index < -0.39 is 9.84 Å². The minimum atomic E-state index is -3.25. The molecule has 2 N–H and O–H groups in total. The highest BCUT2D eigenvalue weighted by atomic mass is 32.2. The van der Waals surface area contributed by atoms with Crippen LogP contribution in [0.4, 0.5) is 11.6 Å². The molecule has 156 valence electrons. The fourth-order valence-electron chi connectivity index (χ4n) is 3.31. The third-order valence-corrected chi connectivity index (χ3v) is 6.10. The van der Waals surface area contributed by atoms with Gasteiger partial charge < -0.3 is 10.3 Å². The standard InChI is InChI=1S/C22H20N6O2S/c1-13-9-17-18(11-25-21(17)24-10-13)20-19(23-3)12-26-22(28-20)27-14(2)15-5-7-16(8-6-15)31(4,29)30/h5-12,14H,1-2,4H3,(H,24,25)(H,26,27,28). The number of aromatic nitrogens is 4. The van der Waals surface area contributed by atoms with Gasteiger partial charge in [-0.2, -0.15) is 0 Å². The fraction of sp³-hybridized carbons (Fsp3) is 0.182. The monoisotopic (exact) mass is 432 g/mol. The van der Waals surface area contributed by atoms with Crippen molar-refractivity contribution in [3.05, 3.63) is 71.5 Å². The number of hydrogen-bond donors (Lipinski definition) is 2. The van der Waals surface area contributed by atoms with E-state index in [1.165, 1.54) is 12.5 Å². The van der Waals surface area contributed by atoms with Crippen molar-refractivity contribution in [3.8, 4) is 11.3 Å². The Morgan fingerprint density at radius 3 is 2.58 bits per heavy atom. The minimum absolute atomic E-state index is 0.174. The van der Waals surface area contributed by atoms with E-state index in [9.17, 15) is 8.42 Å². The Balaban J connectivity index is 1.67. The lowest BCUT2D eigenvalue weighted by molar-refractivity contribution is 0.602. The number of nitrogens with zero attached hydrogens (tertiary/aromatic N) is 4. The topological polar surface area (TPSA) is 105 Å². The molecule has 0 bridgehead atoms. The van der Waals surface area contributed by atoms with Gasteiger partial charge in [0.05, 0.1) is 23.2 Å². The second-order valence-corrected chi connectivity index (χ2v) is 9.37. The van der Waals surface area contributed by atoms with Gasteiger partial charge in [0.1, 0.15) is 5.65 Å². The molecule has 0 spiro atoms. The van der Waals surface area contributed by atoms with Crippen molar-refractivity contribution in [1.29, 1.82) is 0 Å². The molecule has 0 amide bonds. The number of hydrogen-bond acceptors (Lipinski definition) is 6. The zero-order chi connectivity index (χ0) is 22.2. The molecule has 0 aliphatic heterocycles. The molecular weight excluding hydrogens is 412 g/mol. The summed E-state index contributed by atoms with van der Waals surface area (Å²) in [6, 6.07) is 8.51. The van der Waals surface area contributed by atoms with Gasteiger partial charge in [0.25, 0.3) is 0 Å². The van der Waals surface area contributed by atoms with Crippen LogP contribution < -0.4 is 5.32 Å². The Hall–Kier alpha value is -3.77. The maximum atomic E-state index is 11.7. The molecule has 8 nitrogen and oxygen atoms in total. The molecular formula is C22H20N6O2S. The van der Waals surface area contributed by atoms with Crippen molar-refractivity contribution in [2.24, 2.45) is 0 Å². The molecule has 0 fully saturated rings. The maximum Gasteiger partial charge on any atom is 0.231 e. The van der Waals surface area contributed by atoms with Crippen LogP contribution in [0.5, 0.6) is 0 Å². The van der Waals surface area contributed by atoms with Gasteiger partial charge in [0, 0.05) is 35.8 Å². The van der Waals surface area contributed by atoms with Gasteiger partial charge >= 0.3 is 0 Å². The lowest BCUT2D eigenvalue weighted by atomic mass is 10.1. The number of pyridine rings is 1. The smallest absolute Gasteiger partial charge is 0.231 e. The largest absolute Gasteiger partial charge is 0.348 e. The van der Waals surface area contributed by atoms with Crippen LogP contribution >= 0.6 is 0 Å². The van der Waals surface area contributed by atoms with Gasteiger partial charge in [-0.15, -0.1) is 0 Å². The lowest BCUT2D eigenvalue weighted by Crippen LogP contribution is -2.10. The van der Waals surface area contributed by atoms with Crippen molar-refractivity contribution in [1.82, 2.24) is 19.9 Å². The first-order chi connectivity index (χ1) is 14.8. The number of nitrogens with one attached hydrogen (secondary N) is 2. The highest BCUT2D eigenvalue weighted by Crippen LogP contribution is 2.34. The van der Waals surface area contributed by atoms with Crippen molar-refractivity contribution in [3.63, 3.8) is 0 Å². The summed E-state index contributed by atoms with van der Waals surface area (Å²) in [6.07, 6.45) is 6.26. The molecule has 0 aliphatic carbocycles. The third kappa shape index (κ3) is 4.11. The molecule has 9 heteroatoms. The highest BCUT2D eigenvalue weighted by molar-refractivity contribution is 7.90. The zero-order valence-electron chi connectivity index (χ0n) is 17.2. The number of aryl methyl sites for hydroxylation is 1. The van der Waals surface area contributed by atoms with E-state index in [-0.39, 0.29) is 10.9 Å². The predicted octanol–water partition coefficient (Wildman–Crippen LogP) is 4.46. The fourth-order valence-corrected chi connectivity index (χ4v) is 3.94. The number of fused-ring (bicyclic) bond motifs is 1. The summed E-state index contributed by atoms with van der Waals surface area (Å²) in [7, 11) is -3.25. The molecule has 4 rings (SSSR count). The van der Waals surface area contributed by atoms with Crippen molar-refractivity contribution < 1.29 is 8.42 Å². The quantitative estimate of drug-likeness (QED) is 0.451. The van der Waals surface area contributed by atoms with Crippen molar-refractivity contribution >= 4 is 32.5 Å². The molecule has 3 heterocycles. The number of H-pyrrole nitrogens is 1. The number of anilines is 1. The van der Waals surface area contributed by atoms with Gasteiger partial charge in [0.2, 0.25) is 11.6 Å². The van der Waals surface area contributed by atoms with Crippen LogP contribution in [0.25, 0.3) is 27.1 Å². The summed E-state index contributed by atoms with van der Waals surface area (Å²) >= 11 is 0. The Kier molecular flexibility index (Phi) is 5.17. The summed E-state index contributed by atoms with van der Waals surface area (Å²) in [5, 5.41) is 4.12. The number of sulfone groups is 1. The average Bonchev–Trinajstić information content (AvgIpc) is 3.16. The highest BCUT2D eigenvalue weighted by Gasteiger charge is 2.16. The SMILES string of the molecule is [C-]#[N+]c1cnc(NC(C)c2ccc(S(C)(=O)=O)cc2)nc1-c1c[nH]c2ncc(C)cc12. The summed E-state index contributed by atoms with van der Waals surface area (Å²) in [6.45, 7) is 11.4. The van der Waals surface area contributed by atoms with Crippen molar-refractivity contribution in [2.75, 3.05) is 11.6 Å². The van der Waals surface area contributed by atoms with Crippen LogP contribution in [0.15, 0.2) is 53.8 Å². The van der Waals surface area contributed by atoms with E-state index >= 15 is 0 Å². The first-order valence-corrected chi connectivity index (χ1v) is 11.4. The van der Waals surface area contributed by atoms with E-state index in [1.54, 1.807) is 36.7 Å². The second kappa shape index (κ2) is 7.81. The summed E-state index contributed by atoms with van der Waals surface area (Å²) in [5.74, 6) is 0.372. The third-order valence-electron chi connectivity index (χ3n) is 4.97. The second-order valence-electron chi connectivity index (χ2n) is 7.36. The van der Waals surface area contributed by atoms with Crippen LogP contribution in [0.2, 0.25) is 0 Å². The first-order valence-electron chi connectivity index (χ1n) is 9.51. The average molecular weight is 433 g/mol. The molecule has 0 radical (unpaired) electrons. The van der Waals surface area contributed by atoms with Gasteiger partial charge in [0.15, 0.2) is 9.84 Å². The molecule has 4 aromatic rings. The van der Waals surface area contributed by atoms with Gasteiger partial charge in [-0.25, -0.2) is 28.2 Å².